The molecule has 1 heterocycles. The third-order valence-corrected chi connectivity index (χ3v) is 3.88. The highest BCUT2D eigenvalue weighted by atomic mass is 16.5. The first-order valence-corrected chi connectivity index (χ1v) is 6.85. The summed E-state index contributed by atoms with van der Waals surface area (Å²) in [6, 6.07) is 14.6. The number of benzene rings is 2. The molecule has 1 unspecified atom stereocenters. The molecule has 2 aromatic carbocycles. The average molecular weight is 269 g/mol. The van der Waals surface area contributed by atoms with Gasteiger partial charge >= 0.3 is 0 Å². The van der Waals surface area contributed by atoms with Crippen LogP contribution >= 0.6 is 0 Å². The summed E-state index contributed by atoms with van der Waals surface area (Å²) in [4.78, 5) is 0. The second kappa shape index (κ2) is 5.45. The molecule has 1 N–H and O–H groups in total. The average Bonchev–Trinajstić information content (AvgIpc) is 2.54. The van der Waals surface area contributed by atoms with Crippen molar-refractivity contribution < 1.29 is 9.47 Å². The summed E-state index contributed by atoms with van der Waals surface area (Å²) in [6.45, 7) is 0.930. The molecule has 0 aromatic heterocycles. The van der Waals surface area contributed by atoms with Gasteiger partial charge in [0.15, 0.2) is 0 Å². The fraction of sp³-hybridized carbons (Fsp3) is 0.294. The maximum absolute atomic E-state index is 5.45. The molecule has 0 amide bonds. The Morgan fingerprint density at radius 3 is 2.55 bits per heavy atom. The van der Waals surface area contributed by atoms with Gasteiger partial charge < -0.3 is 14.8 Å². The highest BCUT2D eigenvalue weighted by Gasteiger charge is 2.23. The Morgan fingerprint density at radius 1 is 1.05 bits per heavy atom. The number of fused-ring (bicyclic) bond motifs is 1. The minimum Gasteiger partial charge on any atom is -0.497 e. The third kappa shape index (κ3) is 2.31. The maximum Gasteiger partial charge on any atom is 0.145 e. The molecule has 3 heteroatoms. The number of nitrogens with one attached hydrogen (secondary N) is 1. The Kier molecular flexibility index (Phi) is 3.50. The summed E-state index contributed by atoms with van der Waals surface area (Å²) in [5, 5.41) is 3.50. The lowest BCUT2D eigenvalue weighted by Crippen LogP contribution is -2.22. The van der Waals surface area contributed by atoms with Crippen molar-refractivity contribution >= 4 is 5.69 Å². The highest BCUT2D eigenvalue weighted by molar-refractivity contribution is 5.66. The third-order valence-electron chi connectivity index (χ3n) is 3.88. The summed E-state index contributed by atoms with van der Waals surface area (Å²) < 4.78 is 10.8. The number of ether oxygens (including phenoxy) is 2. The van der Waals surface area contributed by atoms with Crippen molar-refractivity contribution in [2.24, 2.45) is 0 Å². The normalized spacial score (nSPS) is 17.0. The van der Waals surface area contributed by atoms with Gasteiger partial charge in [0.05, 0.1) is 19.9 Å². The Hall–Kier alpha value is -2.16. The molecule has 1 atom stereocenters. The Morgan fingerprint density at radius 2 is 1.85 bits per heavy atom. The predicted octanol–water partition coefficient (Wildman–Crippen LogP) is 3.46. The monoisotopic (exact) mass is 269 g/mol. The van der Waals surface area contributed by atoms with E-state index in [4.69, 9.17) is 9.47 Å². The second-order valence-electron chi connectivity index (χ2n) is 5.06. The molecule has 0 saturated carbocycles. The van der Waals surface area contributed by atoms with Crippen LogP contribution < -0.4 is 14.8 Å². The molecule has 104 valence electrons. The van der Waals surface area contributed by atoms with Crippen LogP contribution in [0, 0.1) is 0 Å². The molecule has 0 bridgehead atoms. The van der Waals surface area contributed by atoms with Gasteiger partial charge in [-0.05, 0) is 23.6 Å². The van der Waals surface area contributed by atoms with E-state index in [0.29, 0.717) is 5.92 Å². The quantitative estimate of drug-likeness (QED) is 0.925. The molecule has 20 heavy (non-hydrogen) atoms. The van der Waals surface area contributed by atoms with Crippen molar-refractivity contribution in [3.8, 4) is 11.5 Å². The van der Waals surface area contributed by atoms with Gasteiger partial charge in [-0.1, -0.05) is 30.3 Å². The van der Waals surface area contributed by atoms with Gasteiger partial charge in [-0.25, -0.2) is 0 Å². The maximum atomic E-state index is 5.45. The molecule has 0 fully saturated rings. The van der Waals surface area contributed by atoms with Crippen molar-refractivity contribution in [1.82, 2.24) is 0 Å². The first kappa shape index (κ1) is 12.9. The fourth-order valence-corrected chi connectivity index (χ4v) is 2.81. The van der Waals surface area contributed by atoms with E-state index in [1.165, 1.54) is 11.1 Å². The van der Waals surface area contributed by atoms with Gasteiger partial charge in [-0.2, -0.15) is 0 Å². The van der Waals surface area contributed by atoms with Gasteiger partial charge in [0.2, 0.25) is 0 Å². The first-order chi connectivity index (χ1) is 9.81. The van der Waals surface area contributed by atoms with Gasteiger partial charge in [0.1, 0.15) is 11.5 Å². The molecule has 2 aromatic rings. The van der Waals surface area contributed by atoms with E-state index in [0.717, 1.165) is 30.2 Å². The Bertz CT molecular complexity index is 595. The minimum absolute atomic E-state index is 0.487. The zero-order valence-electron chi connectivity index (χ0n) is 11.8. The minimum atomic E-state index is 0.487. The molecule has 1 aliphatic rings. The van der Waals surface area contributed by atoms with Crippen LogP contribution in [-0.4, -0.2) is 20.8 Å². The lowest BCUT2D eigenvalue weighted by molar-refractivity contribution is 0.393. The van der Waals surface area contributed by atoms with Crippen molar-refractivity contribution in [2.45, 2.75) is 12.3 Å². The SMILES string of the molecule is COc1cc2c(c(OC)c1)NCC(c1ccccc1)C2. The van der Waals surface area contributed by atoms with Crippen molar-refractivity contribution in [1.29, 1.82) is 0 Å². The van der Waals surface area contributed by atoms with E-state index in [9.17, 15) is 0 Å². The zero-order valence-corrected chi connectivity index (χ0v) is 11.8. The van der Waals surface area contributed by atoms with E-state index >= 15 is 0 Å². The van der Waals surface area contributed by atoms with Crippen LogP contribution in [0.2, 0.25) is 0 Å². The zero-order chi connectivity index (χ0) is 13.9. The molecular weight excluding hydrogens is 250 g/mol. The standard InChI is InChI=1S/C17H19NO2/c1-19-15-9-13-8-14(12-6-4-3-5-7-12)11-18-17(13)16(10-15)20-2/h3-7,9-10,14,18H,8,11H2,1-2H3. The summed E-state index contributed by atoms with van der Waals surface area (Å²) in [7, 11) is 3.38. The highest BCUT2D eigenvalue weighted by Crippen LogP contribution is 2.39. The predicted molar refractivity (Wildman–Crippen MR) is 80.9 cm³/mol. The number of methoxy groups -OCH3 is 2. The van der Waals surface area contributed by atoms with Crippen LogP contribution in [0.3, 0.4) is 0 Å². The largest absolute Gasteiger partial charge is 0.497 e. The van der Waals surface area contributed by atoms with Gasteiger partial charge in [0, 0.05) is 18.5 Å². The van der Waals surface area contributed by atoms with Crippen molar-refractivity contribution in [3.63, 3.8) is 0 Å². The van der Waals surface area contributed by atoms with Crippen LogP contribution in [0.5, 0.6) is 11.5 Å². The molecule has 0 saturated heterocycles. The van der Waals surface area contributed by atoms with E-state index in [-0.39, 0.29) is 0 Å². The van der Waals surface area contributed by atoms with Crippen LogP contribution in [0.1, 0.15) is 17.0 Å². The number of anilines is 1. The summed E-state index contributed by atoms with van der Waals surface area (Å²) in [5.41, 5.74) is 3.72. The van der Waals surface area contributed by atoms with E-state index in [1.807, 2.05) is 6.07 Å². The summed E-state index contributed by atoms with van der Waals surface area (Å²) in [5.74, 6) is 2.18. The van der Waals surface area contributed by atoms with E-state index < -0.39 is 0 Å². The van der Waals surface area contributed by atoms with Crippen LogP contribution in [0.4, 0.5) is 5.69 Å². The van der Waals surface area contributed by atoms with Gasteiger partial charge in [-0.15, -0.1) is 0 Å². The van der Waals surface area contributed by atoms with E-state index in [2.05, 4.69) is 41.7 Å². The number of rotatable bonds is 3. The number of hydrogen-bond acceptors (Lipinski definition) is 3. The first-order valence-electron chi connectivity index (χ1n) is 6.85. The van der Waals surface area contributed by atoms with Crippen LogP contribution in [0.15, 0.2) is 42.5 Å². The topological polar surface area (TPSA) is 30.5 Å². The summed E-state index contributed by atoms with van der Waals surface area (Å²) >= 11 is 0. The molecule has 3 rings (SSSR count). The summed E-state index contributed by atoms with van der Waals surface area (Å²) in [6.07, 6.45) is 1.000. The van der Waals surface area contributed by atoms with Crippen LogP contribution in [-0.2, 0) is 6.42 Å². The smallest absolute Gasteiger partial charge is 0.145 e. The molecule has 0 aliphatic carbocycles. The Labute approximate surface area is 119 Å². The lowest BCUT2D eigenvalue weighted by Gasteiger charge is -2.28. The molecule has 0 spiro atoms. The molecule has 3 nitrogen and oxygen atoms in total. The van der Waals surface area contributed by atoms with Crippen molar-refractivity contribution in [3.05, 3.63) is 53.6 Å². The van der Waals surface area contributed by atoms with Gasteiger partial charge in [-0.3, -0.25) is 0 Å². The van der Waals surface area contributed by atoms with Gasteiger partial charge in [0.25, 0.3) is 0 Å². The molecular formula is C17H19NO2. The molecule has 1 aliphatic heterocycles. The fourth-order valence-electron chi connectivity index (χ4n) is 2.81. The second-order valence-corrected chi connectivity index (χ2v) is 5.06. The lowest BCUT2D eigenvalue weighted by atomic mass is 9.88. The van der Waals surface area contributed by atoms with Crippen molar-refractivity contribution in [2.75, 3.05) is 26.1 Å². The van der Waals surface area contributed by atoms with Crippen LogP contribution in [0.25, 0.3) is 0 Å². The molecule has 0 radical (unpaired) electrons. The number of hydrogen-bond donors (Lipinski definition) is 1. The van der Waals surface area contributed by atoms with E-state index in [1.54, 1.807) is 14.2 Å². The Balaban J connectivity index is 1.94.